The molecule has 12 aromatic rings. The molecule has 3 aromatic heterocycles. The number of nitriles is 2. The van der Waals surface area contributed by atoms with E-state index in [9.17, 15) is 43.9 Å². The number of aliphatic imine (C=N–C) groups is 5. The van der Waals surface area contributed by atoms with E-state index in [-0.39, 0.29) is 96.1 Å². The lowest BCUT2D eigenvalue weighted by Gasteiger charge is -2.43. The number of fused-ring (bicyclic) bond motifs is 2. The fraction of sp³-hybridized carbons (Fsp3) is 0.291. The molecule has 20 rings (SSSR count). The van der Waals surface area contributed by atoms with Gasteiger partial charge < -0.3 is 48.3 Å². The number of carbonyl (C=O) groups excluding carboxylic acids is 7. The van der Waals surface area contributed by atoms with Gasteiger partial charge in [0.1, 0.15) is 11.3 Å². The summed E-state index contributed by atoms with van der Waals surface area (Å²) in [5, 5.41) is 35.6. The first-order valence-corrected chi connectivity index (χ1v) is 50.0. The van der Waals surface area contributed by atoms with Crippen molar-refractivity contribution in [2.75, 3.05) is 67.6 Å². The number of thiophene rings is 3. The number of ether oxygens (including phenoxy) is 1. The standard InChI is InChI=1S/C29H30N4O3.C25H22N4O2S.C19H20ClN3O.C19H23N5O2.C18H17N3OS2/c30-28-31-29(24-10-3-1-4-11-24,25-12-5-2-6-13-25)27(36)33(28)19-22-8-7-9-23(18-22)26(35)32-16-14-21(20-34)15-17-32;1-25(21-12-19(14-32-21)16-5-3-4-15(10-16)13-26)22(23(30)29(2)24(27)28-25)18-6-7-20-17(11-18)8-9-31-20;1-3-19(12-17(24)23(2)18(21)22-19)15-8-4-6-13(10-15)14-7-5-9-16(20)11-14;1-19(10-16(25)23(2)18(21)22-19)15-4-3-9-24(12-15)17(26)14-7-5-13(11-20)6-8-14;1-18(9-15(22)21(2)17(19)20-18)13-10-24-16-11(13)5-3-6-12(16)14-7-4-8-23-14/h1-13,18,21,34H,14-17,19-20H2,(H2,30,31);3-7,10-12,14,22H,8-9H2,1-2H3,(H2,27,28);4-11H,3,12H2,1-2H3,(H2,21,22);5-8,15H,3-4,9-10,12H2,1-2H3,(H2,21,22);3-8,10H,9H2,1-2H3,(H2,19,20)/t;22-,25+;19-;15?,19-;18-/m.0000/s1. The first kappa shape index (κ1) is 100. The fourth-order valence-electron chi connectivity index (χ4n) is 19.5. The summed E-state index contributed by atoms with van der Waals surface area (Å²) in [7, 11) is 6.62. The Balaban J connectivity index is 0.000000129. The number of piperidine rings is 2. The monoisotopic (exact) mass is 1970 g/mol. The summed E-state index contributed by atoms with van der Waals surface area (Å²) >= 11 is 11.1. The van der Waals surface area contributed by atoms with Crippen LogP contribution in [-0.4, -0.2) is 184 Å². The molecule has 0 aliphatic carbocycles. The highest BCUT2D eigenvalue weighted by atomic mass is 35.5. The molecule has 726 valence electrons. The summed E-state index contributed by atoms with van der Waals surface area (Å²) in [5.74, 6) is 1.39. The van der Waals surface area contributed by atoms with Crippen molar-refractivity contribution in [3.63, 3.8) is 0 Å². The Labute approximate surface area is 842 Å². The van der Waals surface area contributed by atoms with Crippen molar-refractivity contribution in [2.45, 2.75) is 126 Å². The zero-order valence-electron chi connectivity index (χ0n) is 80.3. The zero-order valence-corrected chi connectivity index (χ0v) is 83.5. The van der Waals surface area contributed by atoms with Crippen LogP contribution in [0.3, 0.4) is 0 Å². The van der Waals surface area contributed by atoms with Gasteiger partial charge in [0.2, 0.25) is 23.6 Å². The average molecular weight is 1980 g/mol. The number of aliphatic hydroxyl groups is 1. The largest absolute Gasteiger partial charge is 0.493 e. The predicted molar refractivity (Wildman–Crippen MR) is 559 cm³/mol. The van der Waals surface area contributed by atoms with Crippen LogP contribution in [0.1, 0.15) is 161 Å². The van der Waals surface area contributed by atoms with E-state index < -0.39 is 33.6 Å². The van der Waals surface area contributed by atoms with E-state index in [4.69, 9.17) is 60.3 Å². The third kappa shape index (κ3) is 20.5. The van der Waals surface area contributed by atoms with Crippen LogP contribution >= 0.6 is 45.6 Å². The number of aliphatic hydroxyl groups excluding tert-OH is 1. The van der Waals surface area contributed by atoms with E-state index in [0.717, 1.165) is 109 Å². The first-order chi connectivity index (χ1) is 68.2. The number of guanidine groups is 5. The smallest absolute Gasteiger partial charge is 0.266 e. The topological polar surface area (TPSA) is 411 Å². The van der Waals surface area contributed by atoms with Crippen molar-refractivity contribution >= 4 is 127 Å². The van der Waals surface area contributed by atoms with Crippen molar-refractivity contribution in [2.24, 2.45) is 65.5 Å². The molecule has 32 heteroatoms. The molecule has 11 N–H and O–H groups in total. The van der Waals surface area contributed by atoms with Gasteiger partial charge in [-0.3, -0.25) is 58.1 Å². The number of benzene rings is 9. The van der Waals surface area contributed by atoms with E-state index in [0.29, 0.717) is 85.7 Å². The molecule has 0 saturated carbocycles. The van der Waals surface area contributed by atoms with Gasteiger partial charge in [-0.15, -0.1) is 34.0 Å². The summed E-state index contributed by atoms with van der Waals surface area (Å²) < 4.78 is 6.88. The van der Waals surface area contributed by atoms with Crippen molar-refractivity contribution < 1.29 is 43.4 Å². The lowest BCUT2D eigenvalue weighted by Crippen LogP contribution is -2.54. The molecule has 142 heavy (non-hydrogen) atoms. The second-order valence-electron chi connectivity index (χ2n) is 37.2. The lowest BCUT2D eigenvalue weighted by atomic mass is 9.77. The second-order valence-corrected chi connectivity index (χ2v) is 40.4. The molecule has 7 amide bonds. The van der Waals surface area contributed by atoms with Crippen LogP contribution in [0.2, 0.25) is 5.02 Å². The minimum absolute atomic E-state index is 0.00115. The number of hydrogen-bond acceptors (Lipinski definition) is 24. The van der Waals surface area contributed by atoms with Crippen molar-refractivity contribution in [1.29, 1.82) is 10.5 Å². The van der Waals surface area contributed by atoms with Gasteiger partial charge in [0.05, 0.1) is 78.2 Å². The van der Waals surface area contributed by atoms with Gasteiger partial charge in [-0.25, -0.2) is 25.0 Å². The number of likely N-dealkylation sites (N-methyl/N-ethyl adjacent to an activating group) is 1. The zero-order chi connectivity index (χ0) is 101. The molecule has 2 saturated heterocycles. The molecule has 11 heterocycles. The highest BCUT2D eigenvalue weighted by molar-refractivity contribution is 7.19. The Morgan fingerprint density at radius 1 is 0.542 bits per heavy atom. The molecule has 0 radical (unpaired) electrons. The second kappa shape index (κ2) is 42.2. The highest BCUT2D eigenvalue weighted by Crippen LogP contribution is 2.50. The number of nitrogens with two attached hydrogens (primary N) is 5. The Morgan fingerprint density at radius 2 is 1.16 bits per heavy atom. The summed E-state index contributed by atoms with van der Waals surface area (Å²) in [6.45, 7) is 11.5. The van der Waals surface area contributed by atoms with E-state index in [1.807, 2.05) is 195 Å². The molecule has 28 nitrogen and oxygen atoms in total. The summed E-state index contributed by atoms with van der Waals surface area (Å²) in [6.07, 6.45) is 5.86. The maximum atomic E-state index is 14.0. The minimum Gasteiger partial charge on any atom is -0.493 e. The number of carbonyl (C=O) groups is 7. The van der Waals surface area contributed by atoms with Gasteiger partial charge in [-0.1, -0.05) is 170 Å². The van der Waals surface area contributed by atoms with Crippen molar-refractivity contribution in [3.05, 3.63) is 324 Å². The van der Waals surface area contributed by atoms with Gasteiger partial charge in [0, 0.05) is 109 Å². The number of nitrogens with zero attached hydrogens (tertiary/aromatic N) is 14. The third-order valence-corrected chi connectivity index (χ3v) is 31.4. The number of amides is 7. The van der Waals surface area contributed by atoms with Crippen LogP contribution in [0.5, 0.6) is 5.75 Å². The van der Waals surface area contributed by atoms with Crippen LogP contribution in [0.15, 0.2) is 278 Å². The highest BCUT2D eigenvalue weighted by Gasteiger charge is 2.52. The van der Waals surface area contributed by atoms with Gasteiger partial charge >= 0.3 is 0 Å². The maximum Gasteiger partial charge on any atom is 0.266 e. The predicted octanol–water partition coefficient (Wildman–Crippen LogP) is 16.3. The average Bonchev–Trinajstić information content (AvgIpc) is 1.55. The van der Waals surface area contributed by atoms with E-state index in [1.54, 1.807) is 98.6 Å². The quantitative estimate of drug-likeness (QED) is 0.0523. The van der Waals surface area contributed by atoms with Gasteiger partial charge in [0.15, 0.2) is 35.3 Å². The Hall–Kier alpha value is -15.0. The van der Waals surface area contributed by atoms with Gasteiger partial charge in [-0.2, -0.15) is 10.5 Å². The molecule has 8 aliphatic rings. The number of halogens is 1. The number of hydrogen-bond donors (Lipinski definition) is 6. The number of likely N-dealkylation sites (tertiary alicyclic amines) is 2. The molecule has 6 atom stereocenters. The van der Waals surface area contributed by atoms with Crippen molar-refractivity contribution in [1.82, 2.24) is 34.3 Å². The SMILES string of the molecule is CC[C@@]1(c2cccc(-c3cccc(Cl)c3)c2)CC(=O)N(C)C(N)=N1.CN1C(=O)C[C@@](C)(C2CCCN(C(=O)c3ccc(C#N)cc3)C2)N=C1N.CN1C(=O)C[C@@](C)(c2csc3c(-c4cccs4)cccc23)N=C1N.CN1C(=O)[C@H](c2ccc3c(c2)CCO3)[C@@](C)(c2cc(-c3cccc(C#N)c3)cs2)N=C1N.NC1=NC(c2ccccc2)(c2ccccc2)C(=O)N1Cc1cccc(C(=O)N2CCC(CO)CC2)c1. The summed E-state index contributed by atoms with van der Waals surface area (Å²) in [6, 6.07) is 79.0. The maximum absolute atomic E-state index is 14.0. The molecular formula is C110H112ClN19O9S3. The Bertz CT molecular complexity index is 7030. The fourth-order valence-corrected chi connectivity index (χ4v) is 22.8. The molecule has 8 aliphatic heterocycles. The van der Waals surface area contributed by atoms with E-state index in [2.05, 4.69) is 86.4 Å². The first-order valence-electron chi connectivity index (χ1n) is 47.0. The van der Waals surface area contributed by atoms with Crippen LogP contribution in [-0.2, 0) is 59.1 Å². The molecule has 0 bridgehead atoms. The number of rotatable bonds is 16. The summed E-state index contributed by atoms with van der Waals surface area (Å²) in [5.41, 5.74) is 40.4. The third-order valence-electron chi connectivity index (χ3n) is 28.1. The van der Waals surface area contributed by atoms with Gasteiger partial charge in [0.25, 0.3) is 17.7 Å². The van der Waals surface area contributed by atoms with Gasteiger partial charge in [-0.05, 0) is 226 Å². The van der Waals surface area contributed by atoms with Crippen LogP contribution in [0, 0.1) is 34.5 Å². The minimum atomic E-state index is -1.25. The molecule has 9 aromatic carbocycles. The van der Waals surface area contributed by atoms with E-state index in [1.165, 1.54) is 39.6 Å². The van der Waals surface area contributed by atoms with E-state index >= 15 is 0 Å². The van der Waals surface area contributed by atoms with Crippen LogP contribution in [0.25, 0.3) is 42.8 Å². The summed E-state index contributed by atoms with van der Waals surface area (Å²) in [4.78, 5) is 127. The normalized spacial score (nSPS) is 21.5. The van der Waals surface area contributed by atoms with Crippen molar-refractivity contribution in [3.8, 4) is 50.6 Å². The Kier molecular flexibility index (Phi) is 29.7. The molecule has 0 spiro atoms. The van der Waals surface area contributed by atoms with Crippen LogP contribution in [0.4, 0.5) is 0 Å². The molecule has 1 unspecified atom stereocenters. The Morgan fingerprint density at radius 3 is 1.81 bits per heavy atom. The molecule has 2 fully saturated rings. The van der Waals surface area contributed by atoms with Crippen LogP contribution < -0.4 is 33.4 Å². The molecular weight excluding hydrogens is 1860 g/mol. The lowest BCUT2D eigenvalue weighted by molar-refractivity contribution is -0.131.